The van der Waals surface area contributed by atoms with E-state index in [2.05, 4.69) is 11.6 Å². The smallest absolute Gasteiger partial charge is 0.264 e. The van der Waals surface area contributed by atoms with Crippen LogP contribution in [0, 0.1) is 0 Å². The second kappa shape index (κ2) is 2.78. The van der Waals surface area contributed by atoms with E-state index in [1.165, 1.54) is 18.3 Å². The molecule has 1 nitrogen and oxygen atoms in total. The maximum Gasteiger partial charge on any atom is 0.292 e. The minimum Gasteiger partial charge on any atom is -0.264 e. The second-order valence-corrected chi connectivity index (χ2v) is 2.07. The molecule has 58 valence electrons. The van der Waals surface area contributed by atoms with Crippen LogP contribution in [0.2, 0.25) is 0 Å². The van der Waals surface area contributed by atoms with Gasteiger partial charge in [0.25, 0.3) is 5.92 Å². The van der Waals surface area contributed by atoms with Crippen LogP contribution < -0.4 is 0 Å². The van der Waals surface area contributed by atoms with Crippen molar-refractivity contribution < 1.29 is 8.78 Å². The molecule has 0 unspecified atom stereocenters. The Hall–Kier alpha value is -1.25. The van der Waals surface area contributed by atoms with Gasteiger partial charge in [-0.15, -0.1) is 0 Å². The summed E-state index contributed by atoms with van der Waals surface area (Å²) in [7, 11) is 0. The van der Waals surface area contributed by atoms with Crippen LogP contribution in [0.1, 0.15) is 5.56 Å². The average molecular weight is 155 g/mol. The molecule has 0 fully saturated rings. The summed E-state index contributed by atoms with van der Waals surface area (Å²) in [6.07, 6.45) is 3.17. The van der Waals surface area contributed by atoms with Crippen molar-refractivity contribution in [1.82, 2.24) is 4.98 Å². The van der Waals surface area contributed by atoms with Gasteiger partial charge in [-0.3, -0.25) is 4.98 Å². The summed E-state index contributed by atoms with van der Waals surface area (Å²) in [5.74, 6) is -2.96. The molecular weight excluding hydrogens is 148 g/mol. The Morgan fingerprint density at radius 1 is 1.55 bits per heavy atom. The third-order valence-electron chi connectivity index (χ3n) is 1.30. The van der Waals surface area contributed by atoms with E-state index in [9.17, 15) is 8.78 Å². The summed E-state index contributed by atoms with van der Waals surface area (Å²) in [4.78, 5) is 3.57. The first-order chi connectivity index (χ1) is 5.17. The van der Waals surface area contributed by atoms with Crippen molar-refractivity contribution in [1.29, 1.82) is 0 Å². The van der Waals surface area contributed by atoms with E-state index in [4.69, 9.17) is 0 Å². The molecule has 11 heavy (non-hydrogen) atoms. The van der Waals surface area contributed by atoms with Crippen LogP contribution in [0.5, 0.6) is 0 Å². The molecule has 0 spiro atoms. The van der Waals surface area contributed by atoms with Crippen LogP contribution in [0.4, 0.5) is 8.78 Å². The Balaban J connectivity index is 3.02. The number of pyridine rings is 1. The lowest BCUT2D eigenvalue weighted by molar-refractivity contribution is 0.0522. The van der Waals surface area contributed by atoms with E-state index in [0.29, 0.717) is 6.08 Å². The van der Waals surface area contributed by atoms with Gasteiger partial charge < -0.3 is 0 Å². The Morgan fingerprint density at radius 3 is 2.73 bits per heavy atom. The molecule has 0 N–H and O–H groups in total. The lowest BCUT2D eigenvalue weighted by Crippen LogP contribution is -2.08. The average Bonchev–Trinajstić information content (AvgIpc) is 2.06. The summed E-state index contributed by atoms with van der Waals surface area (Å²) < 4.78 is 25.5. The third-order valence-corrected chi connectivity index (χ3v) is 1.30. The van der Waals surface area contributed by atoms with Crippen LogP contribution in [0.15, 0.2) is 37.2 Å². The molecule has 0 amide bonds. The number of hydrogen-bond acceptors (Lipinski definition) is 1. The fraction of sp³-hybridized carbons (Fsp3) is 0.125. The van der Waals surface area contributed by atoms with Crippen LogP contribution in [0.25, 0.3) is 0 Å². The molecule has 0 bridgehead atoms. The highest BCUT2D eigenvalue weighted by Crippen LogP contribution is 2.27. The van der Waals surface area contributed by atoms with Gasteiger partial charge in [-0.2, -0.15) is 8.78 Å². The van der Waals surface area contributed by atoms with Crippen molar-refractivity contribution in [3.05, 3.63) is 42.7 Å². The first kappa shape index (κ1) is 7.85. The number of nitrogens with zero attached hydrogens (tertiary/aromatic N) is 1. The zero-order valence-electron chi connectivity index (χ0n) is 5.80. The first-order valence-corrected chi connectivity index (χ1v) is 3.09. The largest absolute Gasteiger partial charge is 0.292 e. The van der Waals surface area contributed by atoms with Crippen molar-refractivity contribution in [3.63, 3.8) is 0 Å². The number of halogens is 2. The molecular formula is C8H7F2N. The summed E-state index contributed by atoms with van der Waals surface area (Å²) in [5, 5.41) is 0. The van der Waals surface area contributed by atoms with Crippen molar-refractivity contribution in [2.24, 2.45) is 0 Å². The molecule has 1 aromatic rings. The maximum atomic E-state index is 12.7. The SMILES string of the molecule is C=CC(F)(F)c1cccnc1. The van der Waals surface area contributed by atoms with E-state index < -0.39 is 5.92 Å². The monoisotopic (exact) mass is 155 g/mol. The standard InChI is InChI=1S/C8H7F2N/c1-2-8(9,10)7-4-3-5-11-6-7/h2-6H,1H2. The van der Waals surface area contributed by atoms with Gasteiger partial charge in [-0.25, -0.2) is 0 Å². The van der Waals surface area contributed by atoms with E-state index in [-0.39, 0.29) is 5.56 Å². The Morgan fingerprint density at radius 2 is 2.27 bits per heavy atom. The minimum atomic E-state index is -2.96. The quantitative estimate of drug-likeness (QED) is 0.597. The molecule has 0 radical (unpaired) electrons. The van der Waals surface area contributed by atoms with Crippen LogP contribution in [0.3, 0.4) is 0 Å². The zero-order valence-corrected chi connectivity index (χ0v) is 5.80. The highest BCUT2D eigenvalue weighted by atomic mass is 19.3. The Bertz CT molecular complexity index is 244. The molecule has 0 aliphatic heterocycles. The summed E-state index contributed by atoms with van der Waals surface area (Å²) in [5.41, 5.74) is -0.130. The molecule has 1 aromatic heterocycles. The summed E-state index contributed by atoms with van der Waals surface area (Å²) in [6, 6.07) is 2.78. The van der Waals surface area contributed by atoms with Crippen molar-refractivity contribution in [3.8, 4) is 0 Å². The van der Waals surface area contributed by atoms with Gasteiger partial charge in [0.15, 0.2) is 0 Å². The van der Waals surface area contributed by atoms with Crippen LogP contribution >= 0.6 is 0 Å². The molecule has 0 aromatic carbocycles. The van der Waals surface area contributed by atoms with Gasteiger partial charge in [0, 0.05) is 18.0 Å². The lowest BCUT2D eigenvalue weighted by atomic mass is 10.1. The molecule has 0 saturated carbocycles. The highest BCUT2D eigenvalue weighted by Gasteiger charge is 2.26. The van der Waals surface area contributed by atoms with Crippen LogP contribution in [-0.4, -0.2) is 4.98 Å². The zero-order chi connectivity index (χ0) is 8.32. The first-order valence-electron chi connectivity index (χ1n) is 3.09. The van der Waals surface area contributed by atoms with Gasteiger partial charge in [0.1, 0.15) is 0 Å². The van der Waals surface area contributed by atoms with Gasteiger partial charge >= 0.3 is 0 Å². The van der Waals surface area contributed by atoms with Crippen molar-refractivity contribution >= 4 is 0 Å². The molecule has 0 atom stereocenters. The predicted molar refractivity (Wildman–Crippen MR) is 38.3 cm³/mol. The van der Waals surface area contributed by atoms with E-state index in [0.717, 1.165) is 6.20 Å². The van der Waals surface area contributed by atoms with Gasteiger partial charge in [-0.05, 0) is 18.2 Å². The van der Waals surface area contributed by atoms with Crippen molar-refractivity contribution in [2.75, 3.05) is 0 Å². The number of alkyl halides is 2. The fourth-order valence-corrected chi connectivity index (χ4v) is 0.678. The minimum absolute atomic E-state index is 0.130. The number of hydrogen-bond donors (Lipinski definition) is 0. The molecule has 0 aliphatic carbocycles. The highest BCUT2D eigenvalue weighted by molar-refractivity contribution is 5.19. The molecule has 0 aliphatic rings. The molecule has 1 heterocycles. The van der Waals surface area contributed by atoms with E-state index in [1.54, 1.807) is 0 Å². The lowest BCUT2D eigenvalue weighted by Gasteiger charge is -2.09. The van der Waals surface area contributed by atoms with Crippen LogP contribution in [-0.2, 0) is 5.92 Å². The Kier molecular flexibility index (Phi) is 1.98. The molecule has 0 saturated heterocycles. The number of aromatic nitrogens is 1. The summed E-state index contributed by atoms with van der Waals surface area (Å²) >= 11 is 0. The Labute approximate surface area is 63.4 Å². The predicted octanol–water partition coefficient (Wildman–Crippen LogP) is 2.36. The molecule has 1 rings (SSSR count). The van der Waals surface area contributed by atoms with Gasteiger partial charge in [-0.1, -0.05) is 6.58 Å². The fourth-order valence-electron chi connectivity index (χ4n) is 0.678. The normalized spacial score (nSPS) is 11.1. The van der Waals surface area contributed by atoms with Gasteiger partial charge in [0.2, 0.25) is 0 Å². The van der Waals surface area contributed by atoms with E-state index >= 15 is 0 Å². The third kappa shape index (κ3) is 1.61. The summed E-state index contributed by atoms with van der Waals surface area (Å²) in [6.45, 7) is 3.03. The van der Waals surface area contributed by atoms with Gasteiger partial charge in [0.05, 0.1) is 0 Å². The number of allylic oxidation sites excluding steroid dienone is 1. The topological polar surface area (TPSA) is 12.9 Å². The molecule has 3 heteroatoms. The second-order valence-electron chi connectivity index (χ2n) is 2.07. The maximum absolute atomic E-state index is 12.7. The van der Waals surface area contributed by atoms with E-state index in [1.807, 2.05) is 0 Å². The number of rotatable bonds is 2. The van der Waals surface area contributed by atoms with Crippen molar-refractivity contribution in [2.45, 2.75) is 5.92 Å².